The fourth-order valence-electron chi connectivity index (χ4n) is 1.77. The lowest BCUT2D eigenvalue weighted by Gasteiger charge is -2.19. The van der Waals surface area contributed by atoms with Crippen LogP contribution in [-0.2, 0) is 16.6 Å². The van der Waals surface area contributed by atoms with Gasteiger partial charge in [0.15, 0.2) is 0 Å². The molecule has 2 rings (SSSR count). The second-order valence-corrected chi connectivity index (χ2v) is 7.31. The van der Waals surface area contributed by atoms with E-state index in [1.807, 2.05) is 6.92 Å². The van der Waals surface area contributed by atoms with Crippen LogP contribution in [0.5, 0.6) is 0 Å². The van der Waals surface area contributed by atoms with Gasteiger partial charge in [-0.3, -0.25) is 0 Å². The van der Waals surface area contributed by atoms with Crippen molar-refractivity contribution in [2.45, 2.75) is 43.0 Å². The second kappa shape index (κ2) is 5.06. The van der Waals surface area contributed by atoms with Crippen molar-refractivity contribution in [3.05, 3.63) is 17.0 Å². The predicted octanol–water partition coefficient (Wildman–Crippen LogP) is 1.80. The molecule has 1 fully saturated rings. The van der Waals surface area contributed by atoms with Gasteiger partial charge < -0.3 is 5.11 Å². The third-order valence-corrected chi connectivity index (χ3v) is 6.19. The lowest BCUT2D eigenvalue weighted by Crippen LogP contribution is -2.33. The van der Waals surface area contributed by atoms with E-state index in [0.29, 0.717) is 16.3 Å². The van der Waals surface area contributed by atoms with Crippen molar-refractivity contribution in [3.8, 4) is 0 Å². The van der Waals surface area contributed by atoms with Gasteiger partial charge in [0.2, 0.25) is 0 Å². The number of rotatable bonds is 6. The topological polar surface area (TPSA) is 57.6 Å². The molecular formula is C11H17NO3S2. The van der Waals surface area contributed by atoms with E-state index in [1.165, 1.54) is 11.3 Å². The molecule has 6 heteroatoms. The molecule has 1 N–H and O–H groups in total. The molecule has 0 spiro atoms. The standard InChI is InChI=1S/C11H17NO3S2/c1-2-5-12(10-3-4-10)17(14,15)11-6-9(7-13)8-16-11/h6,8,10,13H,2-5,7H2,1H3. The highest BCUT2D eigenvalue weighted by Crippen LogP contribution is 2.34. The molecule has 1 aliphatic rings. The first-order valence-electron chi connectivity index (χ1n) is 5.79. The van der Waals surface area contributed by atoms with Gasteiger partial charge in [0, 0.05) is 12.6 Å². The average molecular weight is 275 g/mol. The Bertz CT molecular complexity index is 477. The molecule has 1 saturated carbocycles. The van der Waals surface area contributed by atoms with Crippen LogP contribution < -0.4 is 0 Å². The summed E-state index contributed by atoms with van der Waals surface area (Å²) in [5.74, 6) is 0. The average Bonchev–Trinajstić information content (AvgIpc) is 3.01. The Morgan fingerprint density at radius 3 is 2.71 bits per heavy atom. The molecule has 0 saturated heterocycles. The summed E-state index contributed by atoms with van der Waals surface area (Å²) < 4.78 is 26.7. The summed E-state index contributed by atoms with van der Waals surface area (Å²) in [4.78, 5) is 0. The highest BCUT2D eigenvalue weighted by molar-refractivity contribution is 7.91. The van der Waals surface area contributed by atoms with Crippen molar-refractivity contribution >= 4 is 21.4 Å². The van der Waals surface area contributed by atoms with Crippen LogP contribution in [0.2, 0.25) is 0 Å². The van der Waals surface area contributed by atoms with Crippen LogP contribution >= 0.6 is 11.3 Å². The molecule has 0 bridgehead atoms. The van der Waals surface area contributed by atoms with Gasteiger partial charge in [-0.05, 0) is 36.3 Å². The molecule has 0 aromatic carbocycles. The highest BCUT2D eigenvalue weighted by Gasteiger charge is 2.37. The van der Waals surface area contributed by atoms with Gasteiger partial charge >= 0.3 is 0 Å². The molecular weight excluding hydrogens is 258 g/mol. The predicted molar refractivity (Wildman–Crippen MR) is 67.4 cm³/mol. The van der Waals surface area contributed by atoms with Crippen molar-refractivity contribution in [2.75, 3.05) is 6.54 Å². The van der Waals surface area contributed by atoms with Crippen molar-refractivity contribution in [1.29, 1.82) is 0 Å². The van der Waals surface area contributed by atoms with Crippen LogP contribution in [0.25, 0.3) is 0 Å². The molecule has 4 nitrogen and oxygen atoms in total. The molecule has 1 heterocycles. The Kier molecular flexibility index (Phi) is 3.87. The quantitative estimate of drug-likeness (QED) is 0.861. The zero-order valence-electron chi connectivity index (χ0n) is 9.80. The molecule has 1 aromatic heterocycles. The van der Waals surface area contributed by atoms with Crippen molar-refractivity contribution < 1.29 is 13.5 Å². The minimum atomic E-state index is -3.35. The number of sulfonamides is 1. The molecule has 0 radical (unpaired) electrons. The van der Waals surface area contributed by atoms with Crippen LogP contribution in [0.1, 0.15) is 31.7 Å². The summed E-state index contributed by atoms with van der Waals surface area (Å²) in [6.45, 7) is 2.46. The van der Waals surface area contributed by atoms with Crippen LogP contribution in [0.4, 0.5) is 0 Å². The molecule has 0 unspecified atom stereocenters. The van der Waals surface area contributed by atoms with E-state index in [2.05, 4.69) is 0 Å². The molecule has 17 heavy (non-hydrogen) atoms. The molecule has 0 amide bonds. The number of thiophene rings is 1. The normalized spacial score (nSPS) is 16.6. The lowest BCUT2D eigenvalue weighted by molar-refractivity contribution is 0.282. The van der Waals surface area contributed by atoms with Gasteiger partial charge in [-0.25, -0.2) is 8.42 Å². The minimum absolute atomic E-state index is 0.108. The van der Waals surface area contributed by atoms with Crippen LogP contribution in [0, 0.1) is 0 Å². The number of aliphatic hydroxyl groups is 1. The van der Waals surface area contributed by atoms with E-state index in [1.54, 1.807) is 15.8 Å². The summed E-state index contributed by atoms with van der Waals surface area (Å²) in [6, 6.07) is 1.77. The van der Waals surface area contributed by atoms with Crippen LogP contribution in [0.15, 0.2) is 15.7 Å². The molecule has 1 aliphatic carbocycles. The minimum Gasteiger partial charge on any atom is -0.392 e. The Morgan fingerprint density at radius 1 is 1.53 bits per heavy atom. The third-order valence-electron chi connectivity index (χ3n) is 2.77. The van der Waals surface area contributed by atoms with E-state index < -0.39 is 10.0 Å². The van der Waals surface area contributed by atoms with Gasteiger partial charge in [0.25, 0.3) is 10.0 Å². The summed E-state index contributed by atoms with van der Waals surface area (Å²) in [6.07, 6.45) is 2.77. The number of hydrogen-bond acceptors (Lipinski definition) is 4. The first-order valence-corrected chi connectivity index (χ1v) is 8.11. The van der Waals surface area contributed by atoms with Gasteiger partial charge in [-0.2, -0.15) is 4.31 Å². The zero-order valence-corrected chi connectivity index (χ0v) is 11.4. The largest absolute Gasteiger partial charge is 0.392 e. The van der Waals surface area contributed by atoms with Crippen molar-refractivity contribution in [2.24, 2.45) is 0 Å². The first kappa shape index (κ1) is 13.0. The molecule has 1 aromatic rings. The van der Waals surface area contributed by atoms with E-state index >= 15 is 0 Å². The van der Waals surface area contributed by atoms with Crippen LogP contribution in [0.3, 0.4) is 0 Å². The number of hydrogen-bond donors (Lipinski definition) is 1. The van der Waals surface area contributed by atoms with E-state index in [4.69, 9.17) is 5.11 Å². The highest BCUT2D eigenvalue weighted by atomic mass is 32.2. The Balaban J connectivity index is 2.26. The number of nitrogens with zero attached hydrogens (tertiary/aromatic N) is 1. The summed E-state index contributed by atoms with van der Waals surface area (Å²) in [5, 5.41) is 10.7. The second-order valence-electron chi connectivity index (χ2n) is 4.28. The van der Waals surface area contributed by atoms with E-state index in [0.717, 1.165) is 19.3 Å². The van der Waals surface area contributed by atoms with Gasteiger partial charge in [-0.1, -0.05) is 6.92 Å². The molecule has 0 aliphatic heterocycles. The van der Waals surface area contributed by atoms with Gasteiger partial charge in [0.1, 0.15) is 4.21 Å². The van der Waals surface area contributed by atoms with Crippen molar-refractivity contribution in [1.82, 2.24) is 4.31 Å². The molecule has 96 valence electrons. The smallest absolute Gasteiger partial charge is 0.252 e. The fraction of sp³-hybridized carbons (Fsp3) is 0.636. The lowest BCUT2D eigenvalue weighted by atomic mass is 10.4. The van der Waals surface area contributed by atoms with Crippen LogP contribution in [-0.4, -0.2) is 30.4 Å². The maximum Gasteiger partial charge on any atom is 0.252 e. The van der Waals surface area contributed by atoms with Crippen molar-refractivity contribution in [3.63, 3.8) is 0 Å². The fourth-order valence-corrected chi connectivity index (χ4v) is 4.87. The Morgan fingerprint density at radius 2 is 2.24 bits per heavy atom. The summed E-state index contributed by atoms with van der Waals surface area (Å²) in [7, 11) is -3.35. The van der Waals surface area contributed by atoms with E-state index in [9.17, 15) is 8.42 Å². The molecule has 0 atom stereocenters. The Labute approximate surface area is 106 Å². The zero-order chi connectivity index (χ0) is 12.5. The number of aliphatic hydroxyl groups excluding tert-OH is 1. The maximum absolute atomic E-state index is 12.4. The summed E-state index contributed by atoms with van der Waals surface area (Å²) >= 11 is 1.19. The summed E-state index contributed by atoms with van der Waals surface area (Å²) in [5.41, 5.74) is 0.667. The van der Waals surface area contributed by atoms with E-state index in [-0.39, 0.29) is 12.6 Å². The van der Waals surface area contributed by atoms with Gasteiger partial charge in [-0.15, -0.1) is 11.3 Å². The monoisotopic (exact) mass is 275 g/mol. The Hall–Kier alpha value is -0.430. The SMILES string of the molecule is CCCN(C1CC1)S(=O)(=O)c1cc(CO)cs1. The third kappa shape index (κ3) is 2.70. The first-order chi connectivity index (χ1) is 8.09. The van der Waals surface area contributed by atoms with Gasteiger partial charge in [0.05, 0.1) is 6.61 Å². The maximum atomic E-state index is 12.4.